The molecule has 0 saturated carbocycles. The lowest BCUT2D eigenvalue weighted by molar-refractivity contribution is 0.288. The van der Waals surface area contributed by atoms with Crippen LogP contribution in [-0.4, -0.2) is 19.7 Å². The Hall–Kier alpha value is -1.18. The molecule has 2 aliphatic heterocycles. The lowest BCUT2D eigenvalue weighted by Crippen LogP contribution is -2.23. The summed E-state index contributed by atoms with van der Waals surface area (Å²) >= 11 is 0. The lowest BCUT2D eigenvalue weighted by atomic mass is 10.0. The highest BCUT2D eigenvalue weighted by Gasteiger charge is 2.25. The Balaban J connectivity index is 2.04. The maximum Gasteiger partial charge on any atom is 0.124 e. The van der Waals surface area contributed by atoms with Gasteiger partial charge in [-0.25, -0.2) is 0 Å². The average Bonchev–Trinajstić information content (AvgIpc) is 2.73. The van der Waals surface area contributed by atoms with Gasteiger partial charge in [-0.3, -0.25) is 0 Å². The van der Waals surface area contributed by atoms with Crippen LogP contribution in [0, 0.1) is 0 Å². The molecule has 0 saturated heterocycles. The summed E-state index contributed by atoms with van der Waals surface area (Å²) in [6.45, 7) is 5.52. The van der Waals surface area contributed by atoms with E-state index in [9.17, 15) is 0 Å². The first-order chi connectivity index (χ1) is 7.90. The van der Waals surface area contributed by atoms with Gasteiger partial charge in [0, 0.05) is 24.3 Å². The molecule has 0 aliphatic carbocycles. The highest BCUT2D eigenvalue weighted by molar-refractivity contribution is 5.67. The molecule has 0 radical (unpaired) electrons. The molecule has 0 aromatic heterocycles. The van der Waals surface area contributed by atoms with Gasteiger partial charge >= 0.3 is 0 Å². The van der Waals surface area contributed by atoms with Gasteiger partial charge in [0.05, 0.1) is 6.61 Å². The van der Waals surface area contributed by atoms with Crippen LogP contribution < -0.4 is 9.64 Å². The molecule has 1 aromatic carbocycles. The molecular weight excluding hydrogens is 198 g/mol. The van der Waals surface area contributed by atoms with Crippen molar-refractivity contribution in [2.24, 2.45) is 0 Å². The van der Waals surface area contributed by atoms with Crippen LogP contribution >= 0.6 is 0 Å². The van der Waals surface area contributed by atoms with E-state index < -0.39 is 0 Å². The zero-order chi connectivity index (χ0) is 11.0. The minimum absolute atomic E-state index is 0.888. The van der Waals surface area contributed by atoms with Crippen LogP contribution in [0.4, 0.5) is 5.69 Å². The van der Waals surface area contributed by atoms with E-state index in [1.807, 2.05) is 0 Å². The molecule has 0 spiro atoms. The number of benzene rings is 1. The minimum Gasteiger partial charge on any atom is -0.493 e. The Kier molecular flexibility index (Phi) is 2.50. The van der Waals surface area contributed by atoms with E-state index in [-0.39, 0.29) is 0 Å². The maximum atomic E-state index is 5.75. The third kappa shape index (κ3) is 1.48. The van der Waals surface area contributed by atoms with E-state index in [1.54, 1.807) is 0 Å². The van der Waals surface area contributed by atoms with Crippen LogP contribution in [0.25, 0.3) is 0 Å². The number of hydrogen-bond donors (Lipinski definition) is 0. The van der Waals surface area contributed by atoms with Crippen molar-refractivity contribution in [3.8, 4) is 5.75 Å². The molecule has 2 aliphatic rings. The van der Waals surface area contributed by atoms with Gasteiger partial charge in [0.1, 0.15) is 5.75 Å². The highest BCUT2D eigenvalue weighted by Crippen LogP contribution is 2.39. The molecule has 16 heavy (non-hydrogen) atoms. The summed E-state index contributed by atoms with van der Waals surface area (Å²) in [5.41, 5.74) is 4.49. The second-order valence-electron chi connectivity index (χ2n) is 4.74. The molecule has 0 bridgehead atoms. The summed E-state index contributed by atoms with van der Waals surface area (Å²) in [5.74, 6) is 1.13. The van der Waals surface area contributed by atoms with Crippen LogP contribution in [-0.2, 0) is 12.8 Å². The summed E-state index contributed by atoms with van der Waals surface area (Å²) in [5, 5.41) is 0. The summed E-state index contributed by atoms with van der Waals surface area (Å²) < 4.78 is 5.75. The average molecular weight is 217 g/mol. The molecule has 2 nitrogen and oxygen atoms in total. The van der Waals surface area contributed by atoms with Crippen molar-refractivity contribution in [1.29, 1.82) is 0 Å². The minimum atomic E-state index is 0.888. The second kappa shape index (κ2) is 4.00. The Morgan fingerprint density at radius 2 is 2.25 bits per heavy atom. The molecule has 0 amide bonds. The normalized spacial score (nSPS) is 17.9. The van der Waals surface area contributed by atoms with E-state index in [1.165, 1.54) is 55.6 Å². The number of rotatable bonds is 2. The molecule has 2 heterocycles. The van der Waals surface area contributed by atoms with Crippen molar-refractivity contribution in [2.45, 2.75) is 32.6 Å². The fourth-order valence-electron chi connectivity index (χ4n) is 2.93. The van der Waals surface area contributed by atoms with Gasteiger partial charge in [-0.2, -0.15) is 0 Å². The first-order valence-corrected chi connectivity index (χ1v) is 6.42. The van der Waals surface area contributed by atoms with Crippen LogP contribution in [0.3, 0.4) is 0 Å². The van der Waals surface area contributed by atoms with E-state index in [2.05, 4.69) is 24.0 Å². The fraction of sp³-hybridized carbons (Fsp3) is 0.571. The van der Waals surface area contributed by atoms with Crippen molar-refractivity contribution >= 4 is 5.69 Å². The smallest absolute Gasteiger partial charge is 0.124 e. The molecule has 86 valence electrons. The summed E-state index contributed by atoms with van der Waals surface area (Å²) in [6, 6.07) is 4.43. The third-order valence-electron chi connectivity index (χ3n) is 3.61. The van der Waals surface area contributed by atoms with Gasteiger partial charge in [-0.05, 0) is 37.3 Å². The van der Waals surface area contributed by atoms with Crippen LogP contribution in [0.15, 0.2) is 12.1 Å². The zero-order valence-corrected chi connectivity index (χ0v) is 9.96. The van der Waals surface area contributed by atoms with Gasteiger partial charge in [-0.1, -0.05) is 13.0 Å². The zero-order valence-electron chi connectivity index (χ0n) is 9.96. The number of nitrogens with zero attached hydrogens (tertiary/aromatic N) is 1. The van der Waals surface area contributed by atoms with Crippen molar-refractivity contribution in [1.82, 2.24) is 0 Å². The molecular formula is C14H19NO. The first kappa shape index (κ1) is 10.0. The van der Waals surface area contributed by atoms with E-state index in [0.717, 1.165) is 12.4 Å². The fourth-order valence-corrected chi connectivity index (χ4v) is 2.93. The van der Waals surface area contributed by atoms with Gasteiger partial charge in [0.2, 0.25) is 0 Å². The van der Waals surface area contributed by atoms with Gasteiger partial charge in [0.25, 0.3) is 0 Å². The molecule has 0 atom stereocenters. The summed E-state index contributed by atoms with van der Waals surface area (Å²) in [6.07, 6.45) is 4.80. The maximum absolute atomic E-state index is 5.75. The molecule has 0 unspecified atom stereocenters. The third-order valence-corrected chi connectivity index (χ3v) is 3.61. The van der Waals surface area contributed by atoms with Crippen LogP contribution in [0.5, 0.6) is 5.75 Å². The van der Waals surface area contributed by atoms with Crippen molar-refractivity contribution in [2.75, 3.05) is 24.6 Å². The first-order valence-electron chi connectivity index (χ1n) is 6.42. The van der Waals surface area contributed by atoms with Gasteiger partial charge in [-0.15, -0.1) is 0 Å². The van der Waals surface area contributed by atoms with E-state index in [0.29, 0.717) is 0 Å². The Morgan fingerprint density at radius 3 is 3.12 bits per heavy atom. The SMILES string of the molecule is CCCN1CCc2ccc3c(c21)CCCO3. The van der Waals surface area contributed by atoms with Crippen molar-refractivity contribution < 1.29 is 4.74 Å². The largest absolute Gasteiger partial charge is 0.493 e. The number of fused-ring (bicyclic) bond motifs is 3. The molecule has 2 heteroatoms. The van der Waals surface area contributed by atoms with Crippen molar-refractivity contribution in [3.63, 3.8) is 0 Å². The van der Waals surface area contributed by atoms with E-state index in [4.69, 9.17) is 4.74 Å². The molecule has 0 fully saturated rings. The second-order valence-corrected chi connectivity index (χ2v) is 4.74. The summed E-state index contributed by atoms with van der Waals surface area (Å²) in [7, 11) is 0. The Labute approximate surface area is 97.2 Å². The Bertz CT molecular complexity index is 398. The lowest BCUT2D eigenvalue weighted by Gasteiger charge is -2.26. The van der Waals surface area contributed by atoms with Crippen LogP contribution in [0.1, 0.15) is 30.9 Å². The standard InChI is InChI=1S/C14H19NO/c1-2-8-15-9-7-11-5-6-13-12(14(11)15)4-3-10-16-13/h5-6H,2-4,7-10H2,1H3. The number of anilines is 1. The number of hydrogen-bond acceptors (Lipinski definition) is 2. The van der Waals surface area contributed by atoms with Crippen LogP contribution in [0.2, 0.25) is 0 Å². The predicted octanol–water partition coefficient (Wildman–Crippen LogP) is 2.78. The Morgan fingerprint density at radius 1 is 1.31 bits per heavy atom. The topological polar surface area (TPSA) is 12.5 Å². The molecule has 0 N–H and O–H groups in total. The van der Waals surface area contributed by atoms with E-state index >= 15 is 0 Å². The molecule has 1 aromatic rings. The van der Waals surface area contributed by atoms with Gasteiger partial charge < -0.3 is 9.64 Å². The number of ether oxygens (including phenoxy) is 1. The quantitative estimate of drug-likeness (QED) is 0.755. The predicted molar refractivity (Wildman–Crippen MR) is 66.5 cm³/mol. The monoisotopic (exact) mass is 217 g/mol. The van der Waals surface area contributed by atoms with Crippen molar-refractivity contribution in [3.05, 3.63) is 23.3 Å². The molecule has 3 rings (SSSR count). The summed E-state index contributed by atoms with van der Waals surface area (Å²) in [4.78, 5) is 2.54. The van der Waals surface area contributed by atoms with Gasteiger partial charge in [0.15, 0.2) is 0 Å². The highest BCUT2D eigenvalue weighted by atomic mass is 16.5.